The lowest BCUT2D eigenvalue weighted by Crippen LogP contribution is -2.15. The first-order chi connectivity index (χ1) is 9.16. The number of nitrogens with zero attached hydrogens (tertiary/aromatic N) is 2. The van der Waals surface area contributed by atoms with E-state index in [0.29, 0.717) is 12.1 Å². The molecule has 0 aromatic heterocycles. The van der Waals surface area contributed by atoms with E-state index in [9.17, 15) is 18.0 Å². The molecule has 0 amide bonds. The van der Waals surface area contributed by atoms with Gasteiger partial charge in [-0.05, 0) is 31.5 Å². The molecule has 4 nitrogen and oxygen atoms in total. The number of aliphatic imine (C=N–C) groups is 1. The number of alkyl halides is 3. The van der Waals surface area contributed by atoms with Crippen LogP contribution >= 0.6 is 0 Å². The molecule has 0 heterocycles. The first-order valence-electron chi connectivity index (χ1n) is 5.86. The standard InChI is InChI=1S/C13H15F3N2O2/c1-4-18(3)7-17-11-6-10(13(14,15)16)9(12(19)20)5-8(11)2/h5-7H,4H2,1-3H3,(H,19,20)/b17-7+. The van der Waals surface area contributed by atoms with Crippen molar-refractivity contribution in [2.45, 2.75) is 20.0 Å². The molecule has 0 saturated carbocycles. The van der Waals surface area contributed by atoms with Gasteiger partial charge in [-0.1, -0.05) is 0 Å². The van der Waals surface area contributed by atoms with Gasteiger partial charge in [-0.2, -0.15) is 13.2 Å². The number of carboxylic acids is 1. The van der Waals surface area contributed by atoms with Crippen molar-refractivity contribution in [3.8, 4) is 0 Å². The van der Waals surface area contributed by atoms with Crippen LogP contribution in [0.5, 0.6) is 0 Å². The lowest BCUT2D eigenvalue weighted by Gasteiger charge is -2.13. The number of carbonyl (C=O) groups is 1. The number of carboxylic acid groups (broad SMARTS) is 1. The average molecular weight is 288 g/mol. The van der Waals surface area contributed by atoms with Gasteiger partial charge in [0.25, 0.3) is 0 Å². The lowest BCUT2D eigenvalue weighted by atomic mass is 10.0. The third-order valence-corrected chi connectivity index (χ3v) is 2.76. The van der Waals surface area contributed by atoms with Gasteiger partial charge in [0.15, 0.2) is 0 Å². The molecule has 0 aliphatic heterocycles. The minimum atomic E-state index is -4.73. The van der Waals surface area contributed by atoms with Crippen molar-refractivity contribution >= 4 is 18.0 Å². The summed E-state index contributed by atoms with van der Waals surface area (Å²) in [5.74, 6) is -1.61. The largest absolute Gasteiger partial charge is 0.478 e. The van der Waals surface area contributed by atoms with Crippen LogP contribution in [-0.2, 0) is 6.18 Å². The van der Waals surface area contributed by atoms with Gasteiger partial charge in [0.2, 0.25) is 0 Å². The maximum atomic E-state index is 12.9. The normalized spacial score (nSPS) is 11.9. The maximum Gasteiger partial charge on any atom is 0.417 e. The van der Waals surface area contributed by atoms with Crippen LogP contribution in [0.25, 0.3) is 0 Å². The molecular formula is C13H15F3N2O2. The second-order valence-electron chi connectivity index (χ2n) is 4.30. The maximum absolute atomic E-state index is 12.9. The number of hydrogen-bond donors (Lipinski definition) is 1. The first-order valence-corrected chi connectivity index (χ1v) is 5.86. The molecule has 1 N–H and O–H groups in total. The Morgan fingerprint density at radius 2 is 2.05 bits per heavy atom. The Bertz CT molecular complexity index is 539. The van der Waals surface area contributed by atoms with E-state index in [-0.39, 0.29) is 5.69 Å². The summed E-state index contributed by atoms with van der Waals surface area (Å²) in [4.78, 5) is 16.5. The molecule has 7 heteroatoms. The van der Waals surface area contributed by atoms with E-state index >= 15 is 0 Å². The fourth-order valence-electron chi connectivity index (χ4n) is 1.49. The van der Waals surface area contributed by atoms with Gasteiger partial charge in [0, 0.05) is 13.6 Å². The van der Waals surface area contributed by atoms with Crippen molar-refractivity contribution in [2.24, 2.45) is 4.99 Å². The Morgan fingerprint density at radius 3 is 2.50 bits per heavy atom. The number of benzene rings is 1. The van der Waals surface area contributed by atoms with E-state index in [2.05, 4.69) is 4.99 Å². The van der Waals surface area contributed by atoms with E-state index in [1.807, 2.05) is 6.92 Å². The van der Waals surface area contributed by atoms with E-state index in [4.69, 9.17) is 5.11 Å². The van der Waals surface area contributed by atoms with Crippen molar-refractivity contribution in [3.05, 3.63) is 28.8 Å². The number of rotatable bonds is 4. The topological polar surface area (TPSA) is 52.9 Å². The van der Waals surface area contributed by atoms with Gasteiger partial charge < -0.3 is 10.0 Å². The van der Waals surface area contributed by atoms with Gasteiger partial charge in [-0.3, -0.25) is 0 Å². The third-order valence-electron chi connectivity index (χ3n) is 2.76. The van der Waals surface area contributed by atoms with E-state index in [0.717, 1.165) is 12.1 Å². The molecule has 1 aromatic rings. The summed E-state index contributed by atoms with van der Waals surface area (Å²) < 4.78 is 38.6. The molecule has 0 fully saturated rings. The summed E-state index contributed by atoms with van der Waals surface area (Å²) in [5, 5.41) is 8.85. The van der Waals surface area contributed by atoms with Crippen LogP contribution in [0.2, 0.25) is 0 Å². The molecule has 0 aliphatic carbocycles. The Balaban J connectivity index is 3.36. The summed E-state index contributed by atoms with van der Waals surface area (Å²) in [7, 11) is 1.73. The molecule has 0 atom stereocenters. The minimum Gasteiger partial charge on any atom is -0.478 e. The van der Waals surface area contributed by atoms with Crippen LogP contribution in [0.1, 0.15) is 28.4 Å². The summed E-state index contributed by atoms with van der Waals surface area (Å²) in [5.41, 5.74) is -1.49. The van der Waals surface area contributed by atoms with Gasteiger partial charge in [0.1, 0.15) is 0 Å². The molecule has 1 rings (SSSR count). The average Bonchev–Trinajstić information content (AvgIpc) is 2.34. The summed E-state index contributed by atoms with van der Waals surface area (Å²) in [6.07, 6.45) is -3.33. The zero-order valence-corrected chi connectivity index (χ0v) is 11.3. The Kier molecular flexibility index (Phi) is 4.75. The van der Waals surface area contributed by atoms with E-state index < -0.39 is 23.3 Å². The predicted molar refractivity (Wildman–Crippen MR) is 69.6 cm³/mol. The Labute approximate surface area is 114 Å². The monoisotopic (exact) mass is 288 g/mol. The van der Waals surface area contributed by atoms with Crippen molar-refractivity contribution in [3.63, 3.8) is 0 Å². The molecule has 20 heavy (non-hydrogen) atoms. The second kappa shape index (κ2) is 5.94. The number of aromatic carboxylic acids is 1. The SMILES string of the molecule is CCN(C)/C=N/c1cc(C(F)(F)F)c(C(=O)O)cc1C. The van der Waals surface area contributed by atoms with Crippen molar-refractivity contribution in [1.29, 1.82) is 0 Å². The van der Waals surface area contributed by atoms with Crippen LogP contribution in [0.15, 0.2) is 17.1 Å². The quantitative estimate of drug-likeness (QED) is 0.683. The fourth-order valence-corrected chi connectivity index (χ4v) is 1.49. The molecule has 110 valence electrons. The zero-order chi connectivity index (χ0) is 15.5. The zero-order valence-electron chi connectivity index (χ0n) is 11.3. The van der Waals surface area contributed by atoms with Gasteiger partial charge in [-0.15, -0.1) is 0 Å². The van der Waals surface area contributed by atoms with Crippen LogP contribution in [0.4, 0.5) is 18.9 Å². The Hall–Kier alpha value is -2.05. The summed E-state index contributed by atoms with van der Waals surface area (Å²) >= 11 is 0. The molecule has 0 radical (unpaired) electrons. The van der Waals surface area contributed by atoms with Crippen molar-refractivity contribution in [1.82, 2.24) is 4.90 Å². The molecule has 0 unspecified atom stereocenters. The van der Waals surface area contributed by atoms with Crippen molar-refractivity contribution < 1.29 is 23.1 Å². The number of aryl methyl sites for hydroxylation is 1. The summed E-state index contributed by atoms with van der Waals surface area (Å²) in [6.45, 7) is 4.04. The molecule has 0 spiro atoms. The lowest BCUT2D eigenvalue weighted by molar-refractivity contribution is -0.138. The van der Waals surface area contributed by atoms with E-state index in [1.165, 1.54) is 13.3 Å². The van der Waals surface area contributed by atoms with E-state index in [1.54, 1.807) is 11.9 Å². The molecule has 0 saturated heterocycles. The molecule has 1 aromatic carbocycles. The molecule has 0 bridgehead atoms. The van der Waals surface area contributed by atoms with Crippen LogP contribution in [0, 0.1) is 6.92 Å². The summed E-state index contributed by atoms with van der Waals surface area (Å²) in [6, 6.07) is 1.75. The highest BCUT2D eigenvalue weighted by atomic mass is 19.4. The van der Waals surface area contributed by atoms with Crippen LogP contribution in [0.3, 0.4) is 0 Å². The molecular weight excluding hydrogens is 273 g/mol. The van der Waals surface area contributed by atoms with Gasteiger partial charge >= 0.3 is 12.1 Å². The highest BCUT2D eigenvalue weighted by Gasteiger charge is 2.36. The molecule has 0 aliphatic rings. The Morgan fingerprint density at radius 1 is 1.45 bits per heavy atom. The number of halogens is 3. The van der Waals surface area contributed by atoms with Gasteiger partial charge in [0.05, 0.1) is 23.2 Å². The second-order valence-corrected chi connectivity index (χ2v) is 4.30. The highest BCUT2D eigenvalue weighted by Crippen LogP contribution is 2.36. The van der Waals surface area contributed by atoms with Crippen LogP contribution < -0.4 is 0 Å². The third kappa shape index (κ3) is 3.72. The first kappa shape index (κ1) is 16.0. The van der Waals surface area contributed by atoms with Gasteiger partial charge in [-0.25, -0.2) is 9.79 Å². The van der Waals surface area contributed by atoms with Crippen molar-refractivity contribution in [2.75, 3.05) is 13.6 Å². The smallest absolute Gasteiger partial charge is 0.417 e. The predicted octanol–water partition coefficient (Wildman–Crippen LogP) is 3.32. The van der Waals surface area contributed by atoms with Crippen LogP contribution in [-0.4, -0.2) is 35.9 Å². The minimum absolute atomic E-state index is 0.0997. The fraction of sp³-hybridized carbons (Fsp3) is 0.385. The number of hydrogen-bond acceptors (Lipinski definition) is 2. The highest BCUT2D eigenvalue weighted by molar-refractivity contribution is 5.90.